The van der Waals surface area contributed by atoms with Gasteiger partial charge in [-0.1, -0.05) is 39.0 Å². The minimum atomic E-state index is -0.314. The number of nitro groups is 1. The first-order valence-electron chi connectivity index (χ1n) is 8.14. The molecular weight excluding hydrogens is 304 g/mol. The molecule has 0 amide bonds. The number of nitro benzene ring substituents is 1. The van der Waals surface area contributed by atoms with Crippen molar-refractivity contribution in [2.45, 2.75) is 45.7 Å². The highest BCUT2D eigenvalue weighted by molar-refractivity contribution is 5.39. The molecule has 0 fully saturated rings. The molecule has 2 aromatic rings. The highest BCUT2D eigenvalue weighted by Crippen LogP contribution is 2.25. The monoisotopic (exact) mass is 326 g/mol. The van der Waals surface area contributed by atoms with E-state index in [-0.39, 0.29) is 16.0 Å². The van der Waals surface area contributed by atoms with Crippen molar-refractivity contribution in [3.8, 4) is 0 Å². The molecule has 24 heavy (non-hydrogen) atoms. The topological polar surface area (TPSA) is 72.2 Å². The van der Waals surface area contributed by atoms with E-state index in [1.165, 1.54) is 0 Å². The number of hydrogen-bond donors (Lipinski definition) is 0. The highest BCUT2D eigenvalue weighted by Gasteiger charge is 2.24. The summed E-state index contributed by atoms with van der Waals surface area (Å²) < 4.78 is 0. The van der Waals surface area contributed by atoms with Crippen LogP contribution in [0.5, 0.6) is 0 Å². The van der Waals surface area contributed by atoms with Crippen molar-refractivity contribution < 1.29 is 4.92 Å². The van der Waals surface area contributed by atoms with Gasteiger partial charge in [0.25, 0.3) is 5.69 Å². The van der Waals surface area contributed by atoms with E-state index in [2.05, 4.69) is 30.7 Å². The number of para-hydroxylation sites is 1. The van der Waals surface area contributed by atoms with Crippen molar-refractivity contribution in [3.63, 3.8) is 0 Å². The number of aromatic nitrogens is 2. The fraction of sp³-hybridized carbons (Fsp3) is 0.444. The van der Waals surface area contributed by atoms with E-state index in [4.69, 9.17) is 4.98 Å². The van der Waals surface area contributed by atoms with E-state index >= 15 is 0 Å². The Hall–Kier alpha value is -2.34. The molecule has 0 saturated carbocycles. The lowest BCUT2D eigenvalue weighted by Gasteiger charge is -2.29. The summed E-state index contributed by atoms with van der Waals surface area (Å²) in [5.74, 6) is 0.869. The first-order chi connectivity index (χ1) is 11.3. The fourth-order valence-electron chi connectivity index (χ4n) is 2.93. The van der Waals surface area contributed by atoms with Crippen LogP contribution in [0.2, 0.25) is 0 Å². The van der Waals surface area contributed by atoms with Gasteiger partial charge in [0.05, 0.1) is 4.92 Å². The summed E-state index contributed by atoms with van der Waals surface area (Å²) in [6, 6.07) is 6.94. The summed E-state index contributed by atoms with van der Waals surface area (Å²) in [4.78, 5) is 22.3. The number of nitrogens with zero attached hydrogens (tertiary/aromatic N) is 4. The smallest absolute Gasteiger partial charge is 0.273 e. The average molecular weight is 326 g/mol. The molecule has 0 unspecified atom stereocenters. The van der Waals surface area contributed by atoms with Crippen molar-refractivity contribution in [2.24, 2.45) is 0 Å². The lowest BCUT2D eigenvalue weighted by molar-refractivity contribution is -0.385. The molecule has 6 nitrogen and oxygen atoms in total. The lowest BCUT2D eigenvalue weighted by Crippen LogP contribution is -2.32. The van der Waals surface area contributed by atoms with Gasteiger partial charge in [0.15, 0.2) is 0 Å². The van der Waals surface area contributed by atoms with E-state index in [1.54, 1.807) is 12.1 Å². The van der Waals surface area contributed by atoms with Crippen LogP contribution in [0.1, 0.15) is 43.4 Å². The summed E-state index contributed by atoms with van der Waals surface area (Å²) in [5, 5.41) is 11.2. The quantitative estimate of drug-likeness (QED) is 0.639. The van der Waals surface area contributed by atoms with E-state index in [1.807, 2.05) is 18.3 Å². The van der Waals surface area contributed by atoms with Crippen LogP contribution in [0.15, 0.2) is 30.5 Å². The zero-order valence-corrected chi connectivity index (χ0v) is 14.3. The summed E-state index contributed by atoms with van der Waals surface area (Å²) in [5.41, 5.74) is 3.10. The molecule has 126 valence electrons. The lowest BCUT2D eigenvalue weighted by atomic mass is 9.95. The minimum absolute atomic E-state index is 0.0587. The second-order valence-corrected chi connectivity index (χ2v) is 7.26. The normalized spacial score (nSPS) is 15.1. The summed E-state index contributed by atoms with van der Waals surface area (Å²) in [7, 11) is 0. The molecule has 0 bridgehead atoms. The van der Waals surface area contributed by atoms with Gasteiger partial charge in [0.2, 0.25) is 0 Å². The Kier molecular flexibility index (Phi) is 4.32. The van der Waals surface area contributed by atoms with Crippen molar-refractivity contribution in [1.29, 1.82) is 0 Å². The van der Waals surface area contributed by atoms with Crippen molar-refractivity contribution >= 4 is 5.69 Å². The van der Waals surface area contributed by atoms with Crippen LogP contribution < -0.4 is 0 Å². The summed E-state index contributed by atoms with van der Waals surface area (Å²) in [6.07, 6.45) is 2.76. The van der Waals surface area contributed by atoms with Gasteiger partial charge in [-0.15, -0.1) is 0 Å². The average Bonchev–Trinajstić information content (AvgIpc) is 2.53. The molecule has 1 aromatic carbocycles. The highest BCUT2D eigenvalue weighted by atomic mass is 16.6. The van der Waals surface area contributed by atoms with Gasteiger partial charge in [-0.2, -0.15) is 0 Å². The zero-order valence-electron chi connectivity index (χ0n) is 14.3. The molecular formula is C18H22N4O2. The summed E-state index contributed by atoms with van der Waals surface area (Å²) in [6.45, 7) is 8.47. The first-order valence-corrected chi connectivity index (χ1v) is 8.14. The molecule has 0 N–H and O–H groups in total. The largest absolute Gasteiger partial charge is 0.294 e. The van der Waals surface area contributed by atoms with E-state index < -0.39 is 0 Å². The van der Waals surface area contributed by atoms with Crippen LogP contribution in [-0.4, -0.2) is 26.3 Å². The van der Waals surface area contributed by atoms with E-state index in [0.29, 0.717) is 6.54 Å². The maximum absolute atomic E-state index is 11.2. The van der Waals surface area contributed by atoms with Crippen LogP contribution in [0.25, 0.3) is 0 Å². The molecule has 0 spiro atoms. The van der Waals surface area contributed by atoms with Gasteiger partial charge in [0, 0.05) is 60.6 Å². The molecule has 0 saturated heterocycles. The molecule has 3 rings (SSSR count). The Labute approximate surface area is 141 Å². The number of fused-ring (bicyclic) bond motifs is 1. The van der Waals surface area contributed by atoms with Crippen molar-refractivity contribution in [3.05, 3.63) is 63.2 Å². The van der Waals surface area contributed by atoms with Crippen LogP contribution in [0.4, 0.5) is 5.69 Å². The third kappa shape index (κ3) is 3.43. The van der Waals surface area contributed by atoms with Gasteiger partial charge in [-0.3, -0.25) is 15.0 Å². The maximum atomic E-state index is 11.2. The number of benzene rings is 1. The van der Waals surface area contributed by atoms with Crippen LogP contribution in [0, 0.1) is 10.1 Å². The zero-order chi connectivity index (χ0) is 17.3. The SMILES string of the molecule is CC(C)(C)c1ncc2c(n1)CCN(Cc1ccccc1[N+](=O)[O-])C2. The van der Waals surface area contributed by atoms with Crippen molar-refractivity contribution in [1.82, 2.24) is 14.9 Å². The van der Waals surface area contributed by atoms with Gasteiger partial charge in [-0.25, -0.2) is 9.97 Å². The van der Waals surface area contributed by atoms with Gasteiger partial charge in [0.1, 0.15) is 5.82 Å². The Morgan fingerprint density at radius 1 is 1.29 bits per heavy atom. The third-order valence-electron chi connectivity index (χ3n) is 4.27. The number of hydrogen-bond acceptors (Lipinski definition) is 5. The second kappa shape index (κ2) is 6.28. The number of rotatable bonds is 3. The van der Waals surface area contributed by atoms with Gasteiger partial charge in [-0.05, 0) is 0 Å². The predicted molar refractivity (Wildman–Crippen MR) is 91.6 cm³/mol. The Balaban J connectivity index is 1.78. The Morgan fingerprint density at radius 3 is 2.75 bits per heavy atom. The van der Waals surface area contributed by atoms with Crippen molar-refractivity contribution in [2.75, 3.05) is 6.54 Å². The van der Waals surface area contributed by atoms with E-state index in [9.17, 15) is 10.1 Å². The molecule has 1 aliphatic heterocycles. The molecule has 0 atom stereocenters. The van der Waals surface area contributed by atoms with Gasteiger partial charge < -0.3 is 0 Å². The van der Waals surface area contributed by atoms with E-state index in [0.717, 1.165) is 42.2 Å². The van der Waals surface area contributed by atoms with Crippen LogP contribution in [-0.2, 0) is 24.9 Å². The molecule has 0 aliphatic carbocycles. The van der Waals surface area contributed by atoms with Crippen LogP contribution in [0.3, 0.4) is 0 Å². The molecule has 1 aliphatic rings. The molecule has 2 heterocycles. The fourth-order valence-corrected chi connectivity index (χ4v) is 2.93. The third-order valence-corrected chi connectivity index (χ3v) is 4.27. The maximum Gasteiger partial charge on any atom is 0.273 e. The summed E-state index contributed by atoms with van der Waals surface area (Å²) >= 11 is 0. The Morgan fingerprint density at radius 2 is 2.04 bits per heavy atom. The molecule has 1 aromatic heterocycles. The minimum Gasteiger partial charge on any atom is -0.294 e. The predicted octanol–water partition coefficient (Wildman–Crippen LogP) is 3.24. The van der Waals surface area contributed by atoms with Gasteiger partial charge >= 0.3 is 0 Å². The molecule has 0 radical (unpaired) electrons. The van der Waals surface area contributed by atoms with Crippen LogP contribution >= 0.6 is 0 Å². The standard InChI is InChI=1S/C18H22N4O2/c1-18(2,3)17-19-10-14-12-21(9-8-15(14)20-17)11-13-6-4-5-7-16(13)22(23)24/h4-7,10H,8-9,11-12H2,1-3H3. The molecule has 6 heteroatoms. The first kappa shape index (κ1) is 16.5. The second-order valence-electron chi connectivity index (χ2n) is 7.26. The Bertz CT molecular complexity index is 768.